The van der Waals surface area contributed by atoms with Gasteiger partial charge in [-0.3, -0.25) is 0 Å². The molecule has 0 aliphatic carbocycles. The predicted molar refractivity (Wildman–Crippen MR) is 88.6 cm³/mol. The van der Waals surface area contributed by atoms with Crippen molar-refractivity contribution in [3.05, 3.63) is 59.1 Å². The number of nitrogens with one attached hydrogen (secondary N) is 1. The lowest BCUT2D eigenvalue weighted by atomic mass is 9.97. The largest absolute Gasteiger partial charge is 0.396 e. The summed E-state index contributed by atoms with van der Waals surface area (Å²) in [4.78, 5) is 0.272. The Morgan fingerprint density at radius 2 is 1.95 bits per heavy atom. The number of para-hydroxylation sites is 1. The zero-order valence-electron chi connectivity index (χ0n) is 12.0. The van der Waals surface area contributed by atoms with Gasteiger partial charge in [-0.15, -0.1) is 0 Å². The summed E-state index contributed by atoms with van der Waals surface area (Å²) < 4.78 is 25.6. The van der Waals surface area contributed by atoms with Crippen LogP contribution < -0.4 is 4.72 Å². The number of anilines is 1. The van der Waals surface area contributed by atoms with E-state index in [0.29, 0.717) is 16.6 Å². The predicted octanol–water partition coefficient (Wildman–Crippen LogP) is 4.81. The van der Waals surface area contributed by atoms with Gasteiger partial charge in [-0.1, -0.05) is 49.7 Å². The highest BCUT2D eigenvalue weighted by Crippen LogP contribution is 2.28. The molecule has 0 bridgehead atoms. The van der Waals surface area contributed by atoms with Gasteiger partial charge in [0, 0.05) is 5.02 Å². The third-order valence-corrected chi connectivity index (χ3v) is 5.09. The summed E-state index contributed by atoms with van der Waals surface area (Å²) in [5, 5.41) is 0.436. The molecule has 2 aromatic carbocycles. The molecule has 2 aromatic rings. The average Bonchev–Trinajstić information content (AvgIpc) is 2.46. The van der Waals surface area contributed by atoms with Gasteiger partial charge in [0.25, 0.3) is 0 Å². The molecule has 0 aliphatic heterocycles. The van der Waals surface area contributed by atoms with Crippen LogP contribution in [0.4, 0.5) is 5.69 Å². The van der Waals surface area contributed by atoms with Gasteiger partial charge >= 0.3 is 10.0 Å². The third-order valence-electron chi connectivity index (χ3n) is 3.47. The minimum Gasteiger partial charge on any atom is -0.239 e. The van der Waals surface area contributed by atoms with Gasteiger partial charge in [-0.25, -0.2) is 8.93 Å². The van der Waals surface area contributed by atoms with Crippen molar-refractivity contribution in [3.8, 4) is 0 Å². The molecule has 0 saturated heterocycles. The molecule has 5 heteroatoms. The Morgan fingerprint density at radius 3 is 2.62 bits per heavy atom. The molecule has 0 heterocycles. The zero-order valence-corrected chi connectivity index (χ0v) is 13.6. The molecular weight excluding hydrogens is 306 g/mol. The van der Waals surface area contributed by atoms with Crippen LogP contribution in [-0.2, 0) is 10.0 Å². The third kappa shape index (κ3) is 3.77. The first kappa shape index (κ1) is 15.9. The summed E-state index contributed by atoms with van der Waals surface area (Å²) in [5.41, 5.74) is 1.71. The second-order valence-electron chi connectivity index (χ2n) is 4.98. The molecule has 0 fully saturated rings. The van der Waals surface area contributed by atoms with Crippen LogP contribution in [0.1, 0.15) is 31.7 Å². The fourth-order valence-electron chi connectivity index (χ4n) is 2.09. The van der Waals surface area contributed by atoms with Crippen molar-refractivity contribution in [2.75, 3.05) is 4.72 Å². The Hall–Kier alpha value is -1.52. The summed E-state index contributed by atoms with van der Waals surface area (Å²) in [6.45, 7) is 4.19. The van der Waals surface area contributed by atoms with E-state index in [4.69, 9.17) is 11.6 Å². The molecule has 2 unspecified atom stereocenters. The first-order valence-electron chi connectivity index (χ1n) is 6.83. The highest BCUT2D eigenvalue weighted by Gasteiger charge is 2.22. The molecule has 0 amide bonds. The first-order valence-corrected chi connectivity index (χ1v) is 8.72. The van der Waals surface area contributed by atoms with Crippen LogP contribution in [0.3, 0.4) is 0 Å². The van der Waals surface area contributed by atoms with Crippen LogP contribution in [0.2, 0.25) is 5.02 Å². The Labute approximate surface area is 131 Å². The minimum atomic E-state index is -3.38. The van der Waals surface area contributed by atoms with Crippen LogP contribution in [-0.4, -0.2) is 8.42 Å². The van der Waals surface area contributed by atoms with E-state index in [0.717, 1.165) is 12.0 Å². The molecule has 112 valence electrons. The number of hydrogen-bond acceptors (Lipinski definition) is 1. The molecule has 0 aliphatic rings. The number of halogens is 1. The monoisotopic (exact) mass is 324 g/mol. The summed E-state index contributed by atoms with van der Waals surface area (Å²) in [6, 6.07) is 14.0. The van der Waals surface area contributed by atoms with Gasteiger partial charge in [-0.2, -0.15) is 4.21 Å². The first-order chi connectivity index (χ1) is 9.94. The maximum Gasteiger partial charge on any atom is 0.396 e. The molecule has 2 N–H and O–H groups in total. The molecule has 0 aromatic heterocycles. The topological polar surface area (TPSA) is 50.5 Å². The van der Waals surface area contributed by atoms with E-state index in [9.17, 15) is 8.42 Å². The molecule has 2 rings (SSSR count). The molecule has 0 radical (unpaired) electrons. The number of hydrogen-bond donors (Lipinski definition) is 1. The maximum atomic E-state index is 12.6. The van der Waals surface area contributed by atoms with Crippen molar-refractivity contribution in [2.45, 2.75) is 31.1 Å². The van der Waals surface area contributed by atoms with E-state index < -0.39 is 10.0 Å². The second-order valence-corrected chi connectivity index (χ2v) is 7.15. The van der Waals surface area contributed by atoms with Gasteiger partial charge in [0.05, 0.1) is 5.69 Å². The van der Waals surface area contributed by atoms with E-state index in [-0.39, 0.29) is 4.90 Å². The fourth-order valence-corrected chi connectivity index (χ4v) is 3.49. The molecule has 0 saturated carbocycles. The van der Waals surface area contributed by atoms with Gasteiger partial charge in [0.2, 0.25) is 0 Å². The molecule has 21 heavy (non-hydrogen) atoms. The summed E-state index contributed by atoms with van der Waals surface area (Å²) in [7, 11) is -3.38. The van der Waals surface area contributed by atoms with Crippen LogP contribution in [0, 0.1) is 0 Å². The standard InChI is InChI=1S/C16H18ClNO2S/c1-3-12(2)15-9-4-5-10-16(15)18-21(19,20)14-8-6-7-13(17)11-14/h4-12H,3H2,1-2H3,(H,18,19,20)/p+1. The van der Waals surface area contributed by atoms with E-state index in [1.165, 1.54) is 6.07 Å². The van der Waals surface area contributed by atoms with Crippen LogP contribution in [0.25, 0.3) is 0 Å². The Kier molecular flexibility index (Phi) is 4.91. The number of rotatable bonds is 5. The lowest BCUT2D eigenvalue weighted by Gasteiger charge is -2.14. The molecule has 2 atom stereocenters. The van der Waals surface area contributed by atoms with Gasteiger partial charge < -0.3 is 0 Å². The van der Waals surface area contributed by atoms with Gasteiger partial charge in [0.15, 0.2) is 0 Å². The van der Waals surface area contributed by atoms with Crippen molar-refractivity contribution in [2.24, 2.45) is 0 Å². The van der Waals surface area contributed by atoms with Crippen molar-refractivity contribution in [1.82, 2.24) is 0 Å². The highest BCUT2D eigenvalue weighted by molar-refractivity contribution is 7.92. The van der Waals surface area contributed by atoms with E-state index in [2.05, 4.69) is 18.6 Å². The lowest BCUT2D eigenvalue weighted by Crippen LogP contribution is -2.14. The van der Waals surface area contributed by atoms with Crippen molar-refractivity contribution in [1.29, 1.82) is 0 Å². The lowest BCUT2D eigenvalue weighted by molar-refractivity contribution is 0.620. The van der Waals surface area contributed by atoms with Crippen molar-refractivity contribution < 1.29 is 8.42 Å². The highest BCUT2D eigenvalue weighted by atomic mass is 35.5. The molecule has 0 spiro atoms. The summed E-state index contributed by atoms with van der Waals surface area (Å²) in [6.07, 6.45) is 0.961. The summed E-state index contributed by atoms with van der Waals surface area (Å²) in [5.74, 6) is 0.309. The second kappa shape index (κ2) is 6.50. The Balaban J connectivity index is 2.38. The normalized spacial score (nSPS) is 15.2. The SMILES string of the molecule is CCC(C)c1ccccc1NS(=O)(=[OH+])c1cccc(Cl)c1. The van der Waals surface area contributed by atoms with Crippen molar-refractivity contribution >= 4 is 27.3 Å². The van der Waals surface area contributed by atoms with E-state index in [1.54, 1.807) is 18.2 Å². The van der Waals surface area contributed by atoms with E-state index in [1.807, 2.05) is 24.3 Å². The quantitative estimate of drug-likeness (QED) is 0.788. The summed E-state index contributed by atoms with van der Waals surface area (Å²) >= 11 is 5.89. The van der Waals surface area contributed by atoms with E-state index >= 15 is 0 Å². The average molecular weight is 325 g/mol. The Bertz CT molecular complexity index is 729. The van der Waals surface area contributed by atoms with Gasteiger partial charge in [-0.05, 0) is 42.2 Å². The maximum absolute atomic E-state index is 12.6. The molecular formula is C16H19ClNO2S+. The van der Waals surface area contributed by atoms with Crippen LogP contribution in [0.15, 0.2) is 53.4 Å². The number of benzene rings is 2. The zero-order chi connectivity index (χ0) is 15.5. The fraction of sp³-hybridized carbons (Fsp3) is 0.250. The molecule has 3 nitrogen and oxygen atoms in total. The smallest absolute Gasteiger partial charge is 0.239 e. The van der Waals surface area contributed by atoms with Crippen molar-refractivity contribution in [3.63, 3.8) is 0 Å². The van der Waals surface area contributed by atoms with Gasteiger partial charge in [0.1, 0.15) is 4.90 Å². The Morgan fingerprint density at radius 1 is 1.24 bits per heavy atom. The minimum absolute atomic E-state index is 0.272. The van der Waals surface area contributed by atoms with Crippen LogP contribution >= 0.6 is 11.6 Å². The van der Waals surface area contributed by atoms with Crippen LogP contribution in [0.5, 0.6) is 0 Å².